The van der Waals surface area contributed by atoms with Gasteiger partial charge in [-0.25, -0.2) is 0 Å². The first-order valence-electron chi connectivity index (χ1n) is 25.7. The SMILES string of the molecule is CC[C@H]1OC(=O)C[C@H]2OC/C=C/CO/C=C\[C@@H](C[C@@H](C)C(=O)/C=C/C(C)=C/[C@@H]1CO[C@@H]1OC(C)[C@@H](O[Si](CC)(CC)CC)[C@H](OC)C1OC)[C@H](O[C@@H]1OC(C)[C@@H](OC(C)=O)C(N(C)C)C1OC(C)=O)[C@H]2C. The number of methoxy groups -OCH3 is 2. The third-order valence-corrected chi connectivity index (χ3v) is 19.3. The number of likely N-dealkylation sites (N-methyl/N-ethyl adjacent to an activating group) is 1. The van der Waals surface area contributed by atoms with Crippen LogP contribution in [-0.4, -0.2) is 165 Å². The molecule has 18 heteroatoms. The number of ether oxygens (including phenoxy) is 11. The molecule has 0 amide bonds. The Morgan fingerprint density at radius 2 is 1.41 bits per heavy atom. The second-order valence-electron chi connectivity index (χ2n) is 19.8. The van der Waals surface area contributed by atoms with E-state index in [4.69, 9.17) is 56.5 Å². The molecule has 4 aliphatic heterocycles. The molecule has 0 aromatic rings. The topological polar surface area (TPSA) is 182 Å². The molecular formula is C53H87NO16Si. The average Bonchev–Trinajstić information content (AvgIpc) is 3.32. The van der Waals surface area contributed by atoms with Gasteiger partial charge in [-0.05, 0) is 84.1 Å². The molecule has 0 aromatic heterocycles. The molecule has 0 spiro atoms. The number of cyclic esters (lactones) is 1. The van der Waals surface area contributed by atoms with Gasteiger partial charge in [-0.3, -0.25) is 24.1 Å². The van der Waals surface area contributed by atoms with E-state index in [0.29, 0.717) is 12.8 Å². The average molecular weight is 1020 g/mol. The van der Waals surface area contributed by atoms with Crippen LogP contribution in [-0.2, 0) is 75.7 Å². The van der Waals surface area contributed by atoms with Gasteiger partial charge in [-0.2, -0.15) is 0 Å². The number of rotatable bonds is 16. The molecule has 4 aliphatic rings. The minimum atomic E-state index is -2.06. The quantitative estimate of drug-likeness (QED) is 0.0651. The predicted molar refractivity (Wildman–Crippen MR) is 268 cm³/mol. The lowest BCUT2D eigenvalue weighted by atomic mass is 9.81. The normalized spacial score (nSPS) is 38.1. The summed E-state index contributed by atoms with van der Waals surface area (Å²) < 4.78 is 76.4. The van der Waals surface area contributed by atoms with E-state index < -0.39 is 117 Å². The van der Waals surface area contributed by atoms with Gasteiger partial charge in [0.25, 0.3) is 0 Å². The number of carbonyl (C=O) groups excluding carboxylic acids is 4. The summed E-state index contributed by atoms with van der Waals surface area (Å²) in [7, 11) is 4.79. The first-order chi connectivity index (χ1) is 33.8. The van der Waals surface area contributed by atoms with Crippen molar-refractivity contribution in [3.63, 3.8) is 0 Å². The smallest absolute Gasteiger partial charge is 0.308 e. The van der Waals surface area contributed by atoms with Crippen LogP contribution in [0.4, 0.5) is 0 Å². The standard InChI is InChI=1S/C53H87NO16Si/c1-16-42-40(31-63-52-51(60-15)50(59-14)48(36(9)64-52)70-71(17-2,18-3)19-4)28-32(5)22-23-41(57)33(6)29-39-24-27-61-25-20-21-26-62-43(30-44(58)68-42)34(7)46(39)69-53-49(67-38(11)56)45(54(12)13)47(35(8)65-53)66-37(10)55/h20-24,27-28,33-36,39-40,42-43,45-53H,16-19,25-26,29-31H2,1-15H3/b21-20+,23-22+,27-24-,32-28+/t33-,34+,35?,36?,39+,40-,42-,43-,45?,46-,47-,48-,49?,50+,51?,52-,53+/m1/s1. The monoisotopic (exact) mass is 1020 g/mol. The molecule has 0 N–H and O–H groups in total. The summed E-state index contributed by atoms with van der Waals surface area (Å²) in [6, 6.07) is 2.23. The van der Waals surface area contributed by atoms with Gasteiger partial charge in [0, 0.05) is 51.7 Å². The van der Waals surface area contributed by atoms with Gasteiger partial charge in [-0.15, -0.1) is 0 Å². The molecule has 404 valence electrons. The Kier molecular flexibility index (Phi) is 24.6. The van der Waals surface area contributed by atoms with Gasteiger partial charge in [0.1, 0.15) is 31.0 Å². The van der Waals surface area contributed by atoms with E-state index in [1.807, 2.05) is 63.8 Å². The van der Waals surface area contributed by atoms with Crippen molar-refractivity contribution < 1.29 is 75.7 Å². The minimum absolute atomic E-state index is 0.0841. The van der Waals surface area contributed by atoms with Crippen LogP contribution in [0.5, 0.6) is 0 Å². The van der Waals surface area contributed by atoms with Crippen LogP contribution >= 0.6 is 0 Å². The van der Waals surface area contributed by atoms with Gasteiger partial charge < -0.3 is 56.5 Å². The van der Waals surface area contributed by atoms with Crippen LogP contribution in [0.25, 0.3) is 0 Å². The number of hydrogen-bond acceptors (Lipinski definition) is 17. The summed E-state index contributed by atoms with van der Waals surface area (Å²) >= 11 is 0. The van der Waals surface area contributed by atoms with Crippen molar-refractivity contribution >= 4 is 32.0 Å². The molecule has 2 fully saturated rings. The lowest BCUT2D eigenvalue weighted by Gasteiger charge is -2.48. The molecule has 4 heterocycles. The van der Waals surface area contributed by atoms with E-state index in [9.17, 15) is 19.2 Å². The van der Waals surface area contributed by atoms with Crippen LogP contribution < -0.4 is 0 Å². The molecule has 0 aromatic carbocycles. The maximum absolute atomic E-state index is 14.5. The summed E-state index contributed by atoms with van der Waals surface area (Å²) in [6.45, 7) is 21.0. The highest BCUT2D eigenvalue weighted by atomic mass is 28.4. The van der Waals surface area contributed by atoms with Gasteiger partial charge in [0.05, 0.1) is 62.5 Å². The minimum Gasteiger partial charge on any atom is -0.497 e. The van der Waals surface area contributed by atoms with E-state index in [1.54, 1.807) is 53.7 Å². The Labute approximate surface area is 424 Å². The fraction of sp³-hybridized carbons (Fsp3) is 0.774. The maximum atomic E-state index is 14.5. The fourth-order valence-corrected chi connectivity index (χ4v) is 13.2. The first-order valence-corrected chi connectivity index (χ1v) is 28.3. The molecule has 17 atom stereocenters. The largest absolute Gasteiger partial charge is 0.497 e. The Morgan fingerprint density at radius 1 is 0.789 bits per heavy atom. The summed E-state index contributed by atoms with van der Waals surface area (Å²) in [5.74, 6) is -3.81. The summed E-state index contributed by atoms with van der Waals surface area (Å²) in [6.07, 6.45) is 4.30. The second-order valence-corrected chi connectivity index (χ2v) is 24.5. The molecular weight excluding hydrogens is 935 g/mol. The van der Waals surface area contributed by atoms with Crippen molar-refractivity contribution in [3.8, 4) is 0 Å². The first kappa shape index (κ1) is 60.3. The highest BCUT2D eigenvalue weighted by Crippen LogP contribution is 2.38. The van der Waals surface area contributed by atoms with Crippen molar-refractivity contribution in [2.75, 3.05) is 48.1 Å². The van der Waals surface area contributed by atoms with E-state index in [0.717, 1.165) is 23.7 Å². The van der Waals surface area contributed by atoms with Crippen LogP contribution in [0.3, 0.4) is 0 Å². The number of carbonyl (C=O) groups is 4. The highest BCUT2D eigenvalue weighted by Gasteiger charge is 2.52. The second kappa shape index (κ2) is 29.0. The zero-order valence-electron chi connectivity index (χ0n) is 45.2. The molecule has 0 saturated carbocycles. The molecule has 0 aliphatic carbocycles. The molecule has 5 unspecified atom stereocenters. The van der Waals surface area contributed by atoms with Crippen LogP contribution in [0, 0.1) is 23.7 Å². The third-order valence-electron chi connectivity index (χ3n) is 14.6. The van der Waals surface area contributed by atoms with Crippen molar-refractivity contribution in [1.29, 1.82) is 0 Å². The zero-order chi connectivity index (χ0) is 52.6. The molecule has 2 saturated heterocycles. The van der Waals surface area contributed by atoms with Crippen molar-refractivity contribution in [2.24, 2.45) is 23.7 Å². The number of fused-ring (bicyclic) bond motifs is 3. The summed E-state index contributed by atoms with van der Waals surface area (Å²) in [5, 5.41) is 0. The lowest BCUT2D eigenvalue weighted by Crippen LogP contribution is -2.65. The van der Waals surface area contributed by atoms with Gasteiger partial charge in [0.2, 0.25) is 0 Å². The number of ketones is 1. The number of esters is 3. The molecule has 4 rings (SSSR count). The predicted octanol–water partition coefficient (Wildman–Crippen LogP) is 7.27. The van der Waals surface area contributed by atoms with Crippen LogP contribution in [0.1, 0.15) is 95.4 Å². The van der Waals surface area contributed by atoms with E-state index >= 15 is 0 Å². The van der Waals surface area contributed by atoms with Gasteiger partial charge in [-0.1, -0.05) is 65.3 Å². The van der Waals surface area contributed by atoms with Crippen molar-refractivity contribution in [2.45, 2.75) is 193 Å². The molecule has 2 bridgehead atoms. The molecule has 71 heavy (non-hydrogen) atoms. The van der Waals surface area contributed by atoms with Gasteiger partial charge in [0.15, 0.2) is 32.8 Å². The third kappa shape index (κ3) is 16.6. The van der Waals surface area contributed by atoms with Crippen molar-refractivity contribution in [1.82, 2.24) is 4.90 Å². The number of allylic oxidation sites excluding steroid dienone is 3. The van der Waals surface area contributed by atoms with E-state index in [2.05, 4.69) is 20.8 Å². The van der Waals surface area contributed by atoms with Crippen LogP contribution in [0.15, 0.2) is 48.3 Å². The Hall–Kier alpha value is -3.30. The summed E-state index contributed by atoms with van der Waals surface area (Å²) in [5.41, 5.74) is 0.766. The number of nitrogens with zero attached hydrogens (tertiary/aromatic N) is 1. The van der Waals surface area contributed by atoms with Crippen LogP contribution in [0.2, 0.25) is 18.1 Å². The maximum Gasteiger partial charge on any atom is 0.308 e. The molecule has 17 nitrogen and oxygen atoms in total. The van der Waals surface area contributed by atoms with Crippen molar-refractivity contribution in [3.05, 3.63) is 48.3 Å². The Balaban J connectivity index is 1.75. The summed E-state index contributed by atoms with van der Waals surface area (Å²) in [4.78, 5) is 55.5. The van der Waals surface area contributed by atoms with E-state index in [-0.39, 0.29) is 44.2 Å². The lowest BCUT2D eigenvalue weighted by molar-refractivity contribution is -0.307. The molecule has 0 radical (unpaired) electrons. The fourth-order valence-electron chi connectivity index (χ4n) is 10.3. The van der Waals surface area contributed by atoms with E-state index in [1.165, 1.54) is 13.8 Å². The Bertz CT molecular complexity index is 1810. The zero-order valence-corrected chi connectivity index (χ0v) is 46.2. The number of hydrogen-bond donors (Lipinski definition) is 0. The Morgan fingerprint density at radius 3 is 2.01 bits per heavy atom. The van der Waals surface area contributed by atoms with Gasteiger partial charge >= 0.3 is 17.9 Å². The highest BCUT2D eigenvalue weighted by molar-refractivity contribution is 6.73.